The molecule has 0 N–H and O–H groups in total. The van der Waals surface area contributed by atoms with Crippen LogP contribution in [0.15, 0.2) is 107 Å². The van der Waals surface area contributed by atoms with E-state index in [-0.39, 0.29) is 50.3 Å². The Bertz CT molecular complexity index is 2520. The van der Waals surface area contributed by atoms with Gasteiger partial charge in [0.2, 0.25) is 0 Å². The van der Waals surface area contributed by atoms with Gasteiger partial charge in [-0.2, -0.15) is 20.7 Å². The number of carbonyl (C=O) groups excluding carboxylic acids is 2. The lowest BCUT2D eigenvalue weighted by molar-refractivity contribution is -0.150. The Labute approximate surface area is 350 Å². The summed E-state index contributed by atoms with van der Waals surface area (Å²) in [5.41, 5.74) is 1.79. The second-order valence-corrected chi connectivity index (χ2v) is 14.2. The lowest BCUT2D eigenvalue weighted by Gasteiger charge is -2.15. The van der Waals surface area contributed by atoms with Gasteiger partial charge in [0.15, 0.2) is 0 Å². The van der Waals surface area contributed by atoms with Gasteiger partial charge in [-0.25, -0.2) is 9.36 Å². The Morgan fingerprint density at radius 2 is 0.810 bits per heavy atom. The number of benzene rings is 4. The van der Waals surface area contributed by atoms with E-state index in [4.69, 9.17) is 55.9 Å². The van der Waals surface area contributed by atoms with E-state index in [0.29, 0.717) is 64.9 Å². The van der Waals surface area contributed by atoms with Crippen molar-refractivity contribution in [3.05, 3.63) is 149 Å². The first-order chi connectivity index (χ1) is 28.0. The summed E-state index contributed by atoms with van der Waals surface area (Å²) >= 11 is 24.4. The van der Waals surface area contributed by atoms with Gasteiger partial charge in [-0.05, 0) is 59.7 Å². The van der Waals surface area contributed by atoms with Crippen LogP contribution in [0.4, 0.5) is 0 Å². The third-order valence-corrected chi connectivity index (χ3v) is 9.71. The molecular formula is C42H28Cl4N6O6. The van der Waals surface area contributed by atoms with E-state index in [2.05, 4.69) is 10.2 Å². The average molecular weight is 855 g/mol. The van der Waals surface area contributed by atoms with Crippen LogP contribution in [0.1, 0.15) is 24.0 Å². The van der Waals surface area contributed by atoms with E-state index in [1.165, 1.54) is 0 Å². The highest BCUT2D eigenvalue weighted by atomic mass is 35.5. The Hall–Kier alpha value is -6.28. The predicted molar refractivity (Wildman–Crippen MR) is 219 cm³/mol. The fraction of sp³-hybridized carbons (Fsp3) is 0.143. The topological polar surface area (TPSA) is 170 Å². The van der Waals surface area contributed by atoms with Crippen molar-refractivity contribution in [3.63, 3.8) is 0 Å². The van der Waals surface area contributed by atoms with Crippen LogP contribution in [0.2, 0.25) is 20.1 Å². The van der Waals surface area contributed by atoms with Crippen LogP contribution in [0, 0.1) is 22.7 Å². The normalized spacial score (nSPS) is 10.7. The van der Waals surface area contributed by atoms with Crippen LogP contribution in [0.5, 0.6) is 0 Å². The lowest BCUT2D eigenvalue weighted by atomic mass is 9.96. The van der Waals surface area contributed by atoms with Gasteiger partial charge in [-0.15, -0.1) is 0 Å². The molecule has 0 amide bonds. The Kier molecular flexibility index (Phi) is 13.4. The minimum atomic E-state index is -0.747. The summed E-state index contributed by atoms with van der Waals surface area (Å²) in [6.45, 7) is -0.952. The Balaban J connectivity index is 1.09. The van der Waals surface area contributed by atoms with Crippen molar-refractivity contribution >= 4 is 58.3 Å². The minimum Gasteiger partial charge on any atom is -0.464 e. The molecule has 0 aliphatic carbocycles. The molecule has 0 bridgehead atoms. The maximum Gasteiger partial charge on any atom is 0.306 e. The molecule has 0 atom stereocenters. The van der Waals surface area contributed by atoms with Gasteiger partial charge in [0.05, 0.1) is 25.9 Å². The van der Waals surface area contributed by atoms with Crippen molar-refractivity contribution in [2.45, 2.75) is 25.9 Å². The second-order valence-electron chi connectivity index (χ2n) is 12.4. The van der Waals surface area contributed by atoms with E-state index in [0.717, 1.165) is 9.36 Å². The summed E-state index contributed by atoms with van der Waals surface area (Å²) in [6, 6.07) is 30.7. The fourth-order valence-electron chi connectivity index (χ4n) is 5.91. The molecule has 2 aromatic heterocycles. The maximum absolute atomic E-state index is 13.4. The highest BCUT2D eigenvalue weighted by Gasteiger charge is 2.23. The number of halogens is 4. The van der Waals surface area contributed by atoms with Crippen molar-refractivity contribution < 1.29 is 19.1 Å². The smallest absolute Gasteiger partial charge is 0.306 e. The molecule has 290 valence electrons. The van der Waals surface area contributed by atoms with E-state index in [1.807, 2.05) is 12.1 Å². The first-order valence-corrected chi connectivity index (χ1v) is 18.9. The zero-order valence-electron chi connectivity index (χ0n) is 30.1. The van der Waals surface area contributed by atoms with E-state index < -0.39 is 23.1 Å². The number of nitriles is 2. The van der Waals surface area contributed by atoms with Crippen LogP contribution < -0.4 is 11.1 Å². The quantitative estimate of drug-likeness (QED) is 0.103. The fourth-order valence-corrected chi connectivity index (χ4v) is 6.41. The van der Waals surface area contributed by atoms with Crippen LogP contribution in [0.25, 0.3) is 44.8 Å². The summed E-state index contributed by atoms with van der Waals surface area (Å²) in [6.07, 6.45) is -0.688. The molecule has 0 radical (unpaired) electrons. The zero-order valence-corrected chi connectivity index (χ0v) is 33.1. The highest BCUT2D eigenvalue weighted by Crippen LogP contribution is 2.34. The van der Waals surface area contributed by atoms with Crippen molar-refractivity contribution in [1.82, 2.24) is 19.6 Å². The van der Waals surface area contributed by atoms with Gasteiger partial charge in [0.25, 0.3) is 11.1 Å². The van der Waals surface area contributed by atoms with Crippen molar-refractivity contribution in [1.29, 1.82) is 10.5 Å². The molecule has 0 saturated heterocycles. The number of carbonyl (C=O) groups is 2. The molecule has 16 heteroatoms. The molecule has 0 aliphatic rings. The lowest BCUT2D eigenvalue weighted by Crippen LogP contribution is -2.29. The van der Waals surface area contributed by atoms with Crippen LogP contribution in [-0.2, 0) is 32.2 Å². The number of ether oxygens (including phenoxy) is 2. The SMILES string of the molecule is N#Cc1c(-c2ccc(Cl)cc2)c(-c2ccc(Cl)cc2)nn(CCOC(=O)CCC(=O)OCCn2nc(-c3ccc(Cl)cc3)c(-c3ccc(Cl)cc3)c(C#N)c2=O)c1=O. The highest BCUT2D eigenvalue weighted by molar-refractivity contribution is 6.31. The molecule has 6 aromatic rings. The second kappa shape index (κ2) is 18.8. The van der Waals surface area contributed by atoms with E-state index in [1.54, 1.807) is 97.1 Å². The number of aromatic nitrogens is 4. The Morgan fingerprint density at radius 3 is 1.10 bits per heavy atom. The van der Waals surface area contributed by atoms with Gasteiger partial charge in [0.1, 0.15) is 47.9 Å². The van der Waals surface area contributed by atoms with Crippen LogP contribution >= 0.6 is 46.4 Å². The van der Waals surface area contributed by atoms with Gasteiger partial charge in [0, 0.05) is 42.3 Å². The van der Waals surface area contributed by atoms with Gasteiger partial charge < -0.3 is 9.47 Å². The third kappa shape index (κ3) is 9.63. The third-order valence-electron chi connectivity index (χ3n) is 8.70. The number of rotatable bonds is 13. The van der Waals surface area contributed by atoms with Crippen molar-refractivity contribution in [2.24, 2.45) is 0 Å². The number of esters is 2. The van der Waals surface area contributed by atoms with E-state index >= 15 is 0 Å². The summed E-state index contributed by atoms with van der Waals surface area (Å²) in [7, 11) is 0. The number of hydrogen-bond acceptors (Lipinski definition) is 10. The standard InChI is InChI=1S/C42H28Cl4N6O6/c43-29-9-1-25(2-10-29)37-33(23-47)41(55)51(49-39(37)27-5-13-31(45)14-6-27)19-21-57-35(53)17-18-36(54)58-22-20-52-42(56)34(24-48)38(26-3-11-30(44)12-4-26)40(50-52)28-7-15-32(46)16-8-28/h1-16H,17-22H2. The molecule has 58 heavy (non-hydrogen) atoms. The molecule has 0 unspecified atom stereocenters. The molecule has 4 aromatic carbocycles. The van der Waals surface area contributed by atoms with Crippen molar-refractivity contribution in [2.75, 3.05) is 13.2 Å². The van der Waals surface area contributed by atoms with Crippen LogP contribution in [-0.4, -0.2) is 44.7 Å². The first-order valence-electron chi connectivity index (χ1n) is 17.4. The molecule has 0 aliphatic heterocycles. The molecule has 2 heterocycles. The van der Waals surface area contributed by atoms with Gasteiger partial charge in [-0.3, -0.25) is 19.2 Å². The molecule has 0 fully saturated rings. The van der Waals surface area contributed by atoms with Gasteiger partial charge in [-0.1, -0.05) is 94.9 Å². The molecule has 0 saturated carbocycles. The maximum atomic E-state index is 13.4. The first kappa shape index (κ1) is 41.4. The summed E-state index contributed by atoms with van der Waals surface area (Å²) < 4.78 is 12.6. The largest absolute Gasteiger partial charge is 0.464 e. The summed E-state index contributed by atoms with van der Waals surface area (Å²) in [5.74, 6) is -1.49. The molecule has 6 rings (SSSR count). The Morgan fingerprint density at radius 1 is 0.517 bits per heavy atom. The van der Waals surface area contributed by atoms with E-state index in [9.17, 15) is 29.7 Å². The number of hydrogen-bond donors (Lipinski definition) is 0. The molecule has 12 nitrogen and oxygen atoms in total. The number of nitrogens with zero attached hydrogens (tertiary/aromatic N) is 6. The summed E-state index contributed by atoms with van der Waals surface area (Å²) in [5, 5.41) is 31.1. The molecular weight excluding hydrogens is 826 g/mol. The average Bonchev–Trinajstić information content (AvgIpc) is 3.22. The zero-order chi connectivity index (χ0) is 41.3. The minimum absolute atomic E-state index is 0.170. The van der Waals surface area contributed by atoms with Crippen molar-refractivity contribution in [3.8, 4) is 56.9 Å². The van der Waals surface area contributed by atoms with Gasteiger partial charge >= 0.3 is 11.9 Å². The van der Waals surface area contributed by atoms with Crippen LogP contribution in [0.3, 0.4) is 0 Å². The monoisotopic (exact) mass is 852 g/mol. The molecule has 0 spiro atoms. The predicted octanol–water partition coefficient (Wildman–Crippen LogP) is 8.39. The summed E-state index contributed by atoms with van der Waals surface area (Å²) in [4.78, 5) is 52.0.